The van der Waals surface area contributed by atoms with Crippen LogP contribution in [0.5, 0.6) is 5.75 Å². The summed E-state index contributed by atoms with van der Waals surface area (Å²) >= 11 is 0. The maximum atomic E-state index is 12.7. The Hall–Kier alpha value is -3.34. The number of carbonyl (C=O) groups is 1. The minimum absolute atomic E-state index is 0.100. The molecule has 1 aromatic heterocycles. The third kappa shape index (κ3) is 4.31. The summed E-state index contributed by atoms with van der Waals surface area (Å²) in [5.41, 5.74) is 3.36. The van der Waals surface area contributed by atoms with Gasteiger partial charge in [-0.2, -0.15) is 0 Å². The lowest BCUT2D eigenvalue weighted by Crippen LogP contribution is -2.32. The zero-order valence-electron chi connectivity index (χ0n) is 16.3. The van der Waals surface area contributed by atoms with Crippen molar-refractivity contribution >= 4 is 5.91 Å². The van der Waals surface area contributed by atoms with E-state index in [1.54, 1.807) is 19.2 Å². The van der Waals surface area contributed by atoms with E-state index in [4.69, 9.17) is 4.74 Å². The van der Waals surface area contributed by atoms with Crippen molar-refractivity contribution in [2.45, 2.75) is 26.3 Å². The molecule has 0 spiro atoms. The molecule has 5 heteroatoms. The molecule has 0 aliphatic rings. The number of hydrogen-bond donors (Lipinski definition) is 2. The van der Waals surface area contributed by atoms with Crippen LogP contribution in [-0.4, -0.2) is 18.0 Å². The van der Waals surface area contributed by atoms with Crippen LogP contribution in [0.3, 0.4) is 0 Å². The van der Waals surface area contributed by atoms with Gasteiger partial charge in [0.25, 0.3) is 11.5 Å². The number of carbonyl (C=O) groups excluding carboxylic acids is 1. The number of aryl methyl sites for hydroxylation is 1. The predicted molar refractivity (Wildman–Crippen MR) is 111 cm³/mol. The Morgan fingerprint density at radius 2 is 1.86 bits per heavy atom. The highest BCUT2D eigenvalue weighted by Gasteiger charge is 2.17. The fraction of sp³-hybridized carbons (Fsp3) is 0.217. The first-order valence-electron chi connectivity index (χ1n) is 9.27. The summed E-state index contributed by atoms with van der Waals surface area (Å²) < 4.78 is 5.17. The van der Waals surface area contributed by atoms with Crippen LogP contribution in [0.4, 0.5) is 0 Å². The maximum Gasteiger partial charge on any atom is 0.261 e. The molecule has 0 fully saturated rings. The number of benzene rings is 2. The number of ether oxygens (including phenoxy) is 1. The molecule has 0 bridgehead atoms. The van der Waals surface area contributed by atoms with Gasteiger partial charge in [0.15, 0.2) is 0 Å². The highest BCUT2D eigenvalue weighted by Crippen LogP contribution is 2.21. The van der Waals surface area contributed by atoms with Crippen molar-refractivity contribution < 1.29 is 9.53 Å². The second-order valence-corrected chi connectivity index (χ2v) is 6.69. The monoisotopic (exact) mass is 376 g/mol. The number of pyridine rings is 1. The maximum absolute atomic E-state index is 12.7. The van der Waals surface area contributed by atoms with Gasteiger partial charge in [-0.05, 0) is 54.8 Å². The average molecular weight is 376 g/mol. The Balaban J connectivity index is 1.80. The number of rotatable bonds is 6. The van der Waals surface area contributed by atoms with Gasteiger partial charge in [-0.15, -0.1) is 0 Å². The van der Waals surface area contributed by atoms with Crippen molar-refractivity contribution in [1.82, 2.24) is 10.3 Å². The van der Waals surface area contributed by atoms with Gasteiger partial charge in [-0.1, -0.05) is 42.8 Å². The minimum Gasteiger partial charge on any atom is -0.497 e. The third-order valence-corrected chi connectivity index (χ3v) is 4.71. The number of methoxy groups -OCH3 is 1. The molecular formula is C23H24N2O3. The normalized spacial score (nSPS) is 11.7. The van der Waals surface area contributed by atoms with Crippen LogP contribution >= 0.6 is 0 Å². The molecule has 3 rings (SSSR count). The largest absolute Gasteiger partial charge is 0.497 e. The van der Waals surface area contributed by atoms with Crippen molar-refractivity contribution in [3.05, 3.63) is 87.7 Å². The Labute approximate surface area is 164 Å². The molecule has 0 saturated carbocycles. The van der Waals surface area contributed by atoms with E-state index in [9.17, 15) is 9.59 Å². The average Bonchev–Trinajstić information content (AvgIpc) is 2.72. The summed E-state index contributed by atoms with van der Waals surface area (Å²) in [6.45, 7) is 3.98. The third-order valence-electron chi connectivity index (χ3n) is 4.71. The molecule has 0 aliphatic heterocycles. The molecule has 1 heterocycles. The van der Waals surface area contributed by atoms with E-state index >= 15 is 0 Å². The highest BCUT2D eigenvalue weighted by atomic mass is 16.5. The SMILES string of the molecule is CCC(NC(=O)c1ccc(-c2cccc(C)c2)[nH]c1=O)c1ccc(OC)cc1. The molecule has 28 heavy (non-hydrogen) atoms. The van der Waals surface area contributed by atoms with Crippen molar-refractivity contribution in [3.8, 4) is 17.0 Å². The molecule has 144 valence electrons. The fourth-order valence-electron chi connectivity index (χ4n) is 3.13. The van der Waals surface area contributed by atoms with Gasteiger partial charge in [0, 0.05) is 5.69 Å². The van der Waals surface area contributed by atoms with Gasteiger partial charge < -0.3 is 15.0 Å². The van der Waals surface area contributed by atoms with Crippen LogP contribution in [0.25, 0.3) is 11.3 Å². The van der Waals surface area contributed by atoms with Crippen molar-refractivity contribution in [2.75, 3.05) is 7.11 Å². The van der Waals surface area contributed by atoms with Crippen LogP contribution in [0.15, 0.2) is 65.5 Å². The van der Waals surface area contributed by atoms with Gasteiger partial charge in [-0.3, -0.25) is 9.59 Å². The van der Waals surface area contributed by atoms with E-state index in [1.807, 2.05) is 62.4 Å². The van der Waals surface area contributed by atoms with Crippen molar-refractivity contribution in [3.63, 3.8) is 0 Å². The number of H-pyrrole nitrogens is 1. The first-order valence-corrected chi connectivity index (χ1v) is 9.27. The summed E-state index contributed by atoms with van der Waals surface area (Å²) in [4.78, 5) is 28.0. The number of nitrogens with one attached hydrogen (secondary N) is 2. The molecule has 5 nitrogen and oxygen atoms in total. The van der Waals surface area contributed by atoms with Crippen LogP contribution in [0.2, 0.25) is 0 Å². The van der Waals surface area contributed by atoms with E-state index in [2.05, 4.69) is 10.3 Å². The first kappa shape index (κ1) is 19.4. The second kappa shape index (κ2) is 8.57. The Morgan fingerprint density at radius 1 is 1.11 bits per heavy atom. The molecule has 1 amide bonds. The van der Waals surface area contributed by atoms with Gasteiger partial charge >= 0.3 is 0 Å². The standard InChI is InChI=1S/C23H24N2O3/c1-4-20(16-8-10-18(28-3)11-9-16)24-22(26)19-12-13-21(25-23(19)27)17-7-5-6-15(2)14-17/h5-14,20H,4H2,1-3H3,(H,24,26)(H,25,27). The van der Waals surface area contributed by atoms with E-state index in [1.165, 1.54) is 0 Å². The van der Waals surface area contributed by atoms with Crippen molar-refractivity contribution in [1.29, 1.82) is 0 Å². The zero-order chi connectivity index (χ0) is 20.1. The molecule has 0 saturated heterocycles. The predicted octanol–water partition coefficient (Wildman–Crippen LogP) is 4.24. The number of aromatic nitrogens is 1. The van der Waals surface area contributed by atoms with Crippen molar-refractivity contribution in [2.24, 2.45) is 0 Å². The van der Waals surface area contributed by atoms with Crippen LogP contribution in [-0.2, 0) is 0 Å². The Morgan fingerprint density at radius 3 is 2.46 bits per heavy atom. The summed E-state index contributed by atoms with van der Waals surface area (Å²) in [5.74, 6) is 0.368. The molecule has 3 aromatic rings. The summed E-state index contributed by atoms with van der Waals surface area (Å²) in [6.07, 6.45) is 0.706. The molecule has 0 radical (unpaired) electrons. The van der Waals surface area contributed by atoms with Gasteiger partial charge in [0.2, 0.25) is 0 Å². The number of aromatic amines is 1. The zero-order valence-corrected chi connectivity index (χ0v) is 16.3. The molecule has 0 aliphatic carbocycles. The van der Waals surface area contributed by atoms with E-state index < -0.39 is 5.56 Å². The van der Waals surface area contributed by atoms with Gasteiger partial charge in [-0.25, -0.2) is 0 Å². The summed E-state index contributed by atoms with van der Waals surface area (Å²) in [7, 11) is 1.61. The highest BCUT2D eigenvalue weighted by molar-refractivity contribution is 5.94. The smallest absolute Gasteiger partial charge is 0.261 e. The number of hydrogen-bond acceptors (Lipinski definition) is 3. The molecule has 2 aromatic carbocycles. The quantitative estimate of drug-likeness (QED) is 0.676. The lowest BCUT2D eigenvalue weighted by Gasteiger charge is -2.17. The lowest BCUT2D eigenvalue weighted by atomic mass is 10.0. The van der Waals surface area contributed by atoms with Gasteiger partial charge in [0.05, 0.1) is 13.2 Å². The molecule has 2 N–H and O–H groups in total. The minimum atomic E-state index is -0.402. The second-order valence-electron chi connectivity index (χ2n) is 6.69. The fourth-order valence-corrected chi connectivity index (χ4v) is 3.13. The Kier molecular flexibility index (Phi) is 5.94. The molecule has 1 unspecified atom stereocenters. The molecule has 1 atom stereocenters. The summed E-state index contributed by atoms with van der Waals surface area (Å²) in [6, 6.07) is 18.5. The van der Waals surface area contributed by atoms with Crippen LogP contribution in [0, 0.1) is 6.92 Å². The van der Waals surface area contributed by atoms with E-state index in [-0.39, 0.29) is 17.5 Å². The van der Waals surface area contributed by atoms with Crippen LogP contribution in [0.1, 0.15) is 40.9 Å². The molecular weight excluding hydrogens is 352 g/mol. The lowest BCUT2D eigenvalue weighted by molar-refractivity contribution is 0.0934. The van der Waals surface area contributed by atoms with E-state index in [0.717, 1.165) is 22.4 Å². The first-order chi connectivity index (χ1) is 13.5. The summed E-state index contributed by atoms with van der Waals surface area (Å²) in [5, 5.41) is 2.95. The number of amides is 1. The van der Waals surface area contributed by atoms with Gasteiger partial charge in [0.1, 0.15) is 11.3 Å². The topological polar surface area (TPSA) is 71.2 Å². The van der Waals surface area contributed by atoms with E-state index in [0.29, 0.717) is 12.1 Å². The Bertz CT molecular complexity index is 1020. The van der Waals surface area contributed by atoms with Crippen LogP contribution < -0.4 is 15.6 Å².